The van der Waals surface area contributed by atoms with Crippen LogP contribution in [-0.4, -0.2) is 35.9 Å². The predicted octanol–water partition coefficient (Wildman–Crippen LogP) is 1.57. The second kappa shape index (κ2) is 5.33. The van der Waals surface area contributed by atoms with E-state index in [1.807, 2.05) is 0 Å². The summed E-state index contributed by atoms with van der Waals surface area (Å²) >= 11 is 0. The third-order valence-corrected chi connectivity index (χ3v) is 2.41. The number of carbonyl (C=O) groups is 1. The van der Waals surface area contributed by atoms with Crippen LogP contribution in [0.5, 0.6) is 0 Å². The lowest BCUT2D eigenvalue weighted by Gasteiger charge is -2.20. The summed E-state index contributed by atoms with van der Waals surface area (Å²) in [6.07, 6.45) is -3.64. The van der Waals surface area contributed by atoms with Crippen molar-refractivity contribution >= 4 is 17.3 Å². The van der Waals surface area contributed by atoms with Gasteiger partial charge in [0.05, 0.1) is 17.6 Å². The zero-order chi connectivity index (χ0) is 14.8. The van der Waals surface area contributed by atoms with E-state index in [0.29, 0.717) is 0 Å². The highest BCUT2D eigenvalue weighted by molar-refractivity contribution is 5.85. The number of pyridine rings is 1. The Morgan fingerprint density at radius 1 is 1.47 bits per heavy atom. The molecule has 1 amide bonds. The molecule has 8 heteroatoms. The number of rotatable bonds is 3. The van der Waals surface area contributed by atoms with Crippen molar-refractivity contribution in [3.8, 4) is 0 Å². The molecule has 0 saturated heterocycles. The quantitative estimate of drug-likeness (QED) is 0.879. The Morgan fingerprint density at radius 2 is 2.05 bits per heavy atom. The Labute approximate surface area is 108 Å². The molecule has 19 heavy (non-hydrogen) atoms. The number of hydrogen-bond donors (Lipinski definition) is 2. The van der Waals surface area contributed by atoms with Crippen LogP contribution in [-0.2, 0) is 11.0 Å². The van der Waals surface area contributed by atoms with Gasteiger partial charge >= 0.3 is 6.18 Å². The van der Waals surface area contributed by atoms with Gasteiger partial charge in [-0.25, -0.2) is 4.98 Å². The molecule has 1 atom stereocenters. The summed E-state index contributed by atoms with van der Waals surface area (Å²) in [5, 5.41) is 2.65. The highest BCUT2D eigenvalue weighted by Gasteiger charge is 2.33. The van der Waals surface area contributed by atoms with E-state index in [1.54, 1.807) is 14.1 Å². The fourth-order valence-corrected chi connectivity index (χ4v) is 1.43. The summed E-state index contributed by atoms with van der Waals surface area (Å²) < 4.78 is 37.6. The van der Waals surface area contributed by atoms with E-state index in [4.69, 9.17) is 5.73 Å². The number of amides is 1. The van der Waals surface area contributed by atoms with Crippen LogP contribution in [0, 0.1) is 0 Å². The molecule has 1 rings (SSSR count). The average Bonchev–Trinajstić information content (AvgIpc) is 2.29. The number of anilines is 2. The molecule has 0 aliphatic heterocycles. The van der Waals surface area contributed by atoms with Crippen LogP contribution in [0.25, 0.3) is 0 Å². The zero-order valence-corrected chi connectivity index (χ0v) is 10.7. The second-order valence-corrected chi connectivity index (χ2v) is 4.25. The van der Waals surface area contributed by atoms with E-state index in [9.17, 15) is 18.0 Å². The van der Waals surface area contributed by atoms with E-state index in [-0.39, 0.29) is 17.3 Å². The SMILES string of the molecule is CC(Nc1cc(C(F)(F)F)ncc1N)C(=O)N(C)C. The maximum Gasteiger partial charge on any atom is 0.433 e. The topological polar surface area (TPSA) is 71.2 Å². The zero-order valence-electron chi connectivity index (χ0n) is 10.7. The van der Waals surface area contributed by atoms with Crippen LogP contribution in [0.2, 0.25) is 0 Å². The van der Waals surface area contributed by atoms with E-state index >= 15 is 0 Å². The van der Waals surface area contributed by atoms with Gasteiger partial charge in [-0.2, -0.15) is 13.2 Å². The first-order chi connectivity index (χ1) is 8.62. The predicted molar refractivity (Wildman–Crippen MR) is 65.4 cm³/mol. The fraction of sp³-hybridized carbons (Fsp3) is 0.455. The minimum absolute atomic E-state index is 0.0324. The van der Waals surface area contributed by atoms with E-state index < -0.39 is 17.9 Å². The van der Waals surface area contributed by atoms with Gasteiger partial charge in [0.25, 0.3) is 0 Å². The summed E-state index contributed by atoms with van der Waals surface area (Å²) in [5.41, 5.74) is 4.56. The summed E-state index contributed by atoms with van der Waals surface area (Å²) in [6, 6.07) is 0.0928. The molecule has 0 saturated carbocycles. The molecule has 106 valence electrons. The maximum atomic E-state index is 12.5. The lowest BCUT2D eigenvalue weighted by Crippen LogP contribution is -2.36. The van der Waals surface area contributed by atoms with Gasteiger partial charge in [-0.3, -0.25) is 4.79 Å². The number of halogens is 3. The van der Waals surface area contributed by atoms with Gasteiger partial charge in [0, 0.05) is 14.1 Å². The summed E-state index contributed by atoms with van der Waals surface area (Å²) in [5.74, 6) is -0.273. The van der Waals surface area contributed by atoms with Gasteiger partial charge < -0.3 is 16.0 Å². The van der Waals surface area contributed by atoms with Gasteiger partial charge in [0.15, 0.2) is 0 Å². The molecule has 0 fully saturated rings. The van der Waals surface area contributed by atoms with Crippen molar-refractivity contribution < 1.29 is 18.0 Å². The summed E-state index contributed by atoms with van der Waals surface area (Å²) in [4.78, 5) is 16.2. The molecular weight excluding hydrogens is 261 g/mol. The minimum Gasteiger partial charge on any atom is -0.396 e. The number of likely N-dealkylation sites (N-methyl/N-ethyl adjacent to an activating group) is 1. The normalized spacial score (nSPS) is 12.9. The molecule has 1 heterocycles. The van der Waals surface area contributed by atoms with E-state index in [1.165, 1.54) is 11.8 Å². The number of nitrogen functional groups attached to an aromatic ring is 1. The van der Waals surface area contributed by atoms with Gasteiger partial charge in [-0.1, -0.05) is 0 Å². The Balaban J connectivity index is 2.98. The smallest absolute Gasteiger partial charge is 0.396 e. The first-order valence-corrected chi connectivity index (χ1v) is 5.43. The van der Waals surface area contributed by atoms with Crippen molar-refractivity contribution in [3.63, 3.8) is 0 Å². The average molecular weight is 276 g/mol. The van der Waals surface area contributed by atoms with Crippen molar-refractivity contribution in [1.82, 2.24) is 9.88 Å². The molecule has 1 aromatic rings. The van der Waals surface area contributed by atoms with Gasteiger partial charge in [-0.15, -0.1) is 0 Å². The van der Waals surface area contributed by atoms with Crippen LogP contribution < -0.4 is 11.1 Å². The first kappa shape index (κ1) is 15.1. The lowest BCUT2D eigenvalue weighted by molar-refractivity contribution is -0.141. The summed E-state index contributed by atoms with van der Waals surface area (Å²) in [7, 11) is 3.11. The highest BCUT2D eigenvalue weighted by Crippen LogP contribution is 2.31. The van der Waals surface area contributed by atoms with Crippen molar-refractivity contribution in [3.05, 3.63) is 18.0 Å². The van der Waals surface area contributed by atoms with E-state index in [2.05, 4.69) is 10.3 Å². The van der Waals surface area contributed by atoms with Gasteiger partial charge in [0.1, 0.15) is 11.7 Å². The maximum absolute atomic E-state index is 12.5. The first-order valence-electron chi connectivity index (χ1n) is 5.43. The molecule has 0 aliphatic carbocycles. The van der Waals surface area contributed by atoms with Crippen molar-refractivity contribution in [2.75, 3.05) is 25.1 Å². The van der Waals surface area contributed by atoms with Crippen LogP contribution in [0.3, 0.4) is 0 Å². The van der Waals surface area contributed by atoms with Crippen molar-refractivity contribution in [2.45, 2.75) is 19.1 Å². The summed E-state index contributed by atoms with van der Waals surface area (Å²) in [6.45, 7) is 1.54. The van der Waals surface area contributed by atoms with Crippen molar-refractivity contribution in [2.24, 2.45) is 0 Å². The lowest BCUT2D eigenvalue weighted by atomic mass is 10.2. The number of carbonyl (C=O) groups excluding carboxylic acids is 1. The van der Waals surface area contributed by atoms with Gasteiger partial charge in [-0.05, 0) is 13.0 Å². The number of hydrogen-bond acceptors (Lipinski definition) is 4. The van der Waals surface area contributed by atoms with Crippen LogP contribution >= 0.6 is 0 Å². The van der Waals surface area contributed by atoms with Crippen LogP contribution in [0.15, 0.2) is 12.3 Å². The molecule has 1 unspecified atom stereocenters. The van der Waals surface area contributed by atoms with Gasteiger partial charge in [0.2, 0.25) is 5.91 Å². The molecule has 0 spiro atoms. The molecule has 1 aromatic heterocycles. The molecular formula is C11H15F3N4O. The molecule has 0 bridgehead atoms. The third kappa shape index (κ3) is 3.73. The molecule has 3 N–H and O–H groups in total. The molecule has 0 aliphatic rings. The Hall–Kier alpha value is -1.99. The Morgan fingerprint density at radius 3 is 2.53 bits per heavy atom. The monoisotopic (exact) mass is 276 g/mol. The Bertz CT molecular complexity index is 473. The van der Waals surface area contributed by atoms with Crippen LogP contribution in [0.4, 0.5) is 24.5 Å². The largest absolute Gasteiger partial charge is 0.433 e. The number of nitrogens with one attached hydrogen (secondary N) is 1. The second-order valence-electron chi connectivity index (χ2n) is 4.25. The highest BCUT2D eigenvalue weighted by atomic mass is 19.4. The molecule has 5 nitrogen and oxygen atoms in total. The minimum atomic E-state index is -4.56. The third-order valence-electron chi connectivity index (χ3n) is 2.41. The number of aromatic nitrogens is 1. The number of nitrogens with zero attached hydrogens (tertiary/aromatic N) is 2. The number of nitrogens with two attached hydrogens (primary N) is 1. The molecule has 0 aromatic carbocycles. The Kier molecular flexibility index (Phi) is 4.23. The number of alkyl halides is 3. The van der Waals surface area contributed by atoms with Crippen LogP contribution in [0.1, 0.15) is 12.6 Å². The standard InChI is InChI=1S/C11H15F3N4O/c1-6(10(19)18(2)3)17-8-4-9(11(12,13)14)16-5-7(8)15/h4-6H,15H2,1-3H3,(H,16,17). The fourth-order valence-electron chi connectivity index (χ4n) is 1.43. The van der Waals surface area contributed by atoms with Crippen molar-refractivity contribution in [1.29, 1.82) is 0 Å². The molecule has 0 radical (unpaired) electrons. The van der Waals surface area contributed by atoms with E-state index in [0.717, 1.165) is 12.3 Å².